The first kappa shape index (κ1) is 11.2. The van der Waals surface area contributed by atoms with Crippen LogP contribution in [0.15, 0.2) is 18.2 Å². The molecule has 2 heterocycles. The second kappa shape index (κ2) is 4.70. The number of primary amides is 1. The molecule has 0 unspecified atom stereocenters. The molecule has 16 heavy (non-hydrogen) atoms. The van der Waals surface area contributed by atoms with Gasteiger partial charge in [0.05, 0.1) is 0 Å². The van der Waals surface area contributed by atoms with E-state index < -0.39 is 0 Å². The molecule has 1 aromatic rings. The Bertz CT molecular complexity index is 389. The van der Waals surface area contributed by atoms with Gasteiger partial charge in [-0.15, -0.1) is 0 Å². The molecule has 2 N–H and O–H groups in total. The Labute approximate surface area is 99.4 Å². The topological polar surface area (TPSA) is 59.2 Å². The van der Waals surface area contributed by atoms with Crippen LogP contribution in [-0.2, 0) is 4.79 Å². The van der Waals surface area contributed by atoms with Gasteiger partial charge in [-0.2, -0.15) is 0 Å². The molecular weight excluding hydrogens is 226 g/mol. The number of amides is 1. The number of piperidine rings is 1. The zero-order valence-corrected chi connectivity index (χ0v) is 9.65. The fourth-order valence-corrected chi connectivity index (χ4v) is 2.13. The number of rotatable bonds is 2. The molecule has 1 aliphatic rings. The van der Waals surface area contributed by atoms with Crippen LogP contribution < -0.4 is 10.6 Å². The van der Waals surface area contributed by atoms with E-state index in [1.165, 1.54) is 0 Å². The maximum absolute atomic E-state index is 11.0. The van der Waals surface area contributed by atoms with Crippen molar-refractivity contribution < 1.29 is 4.79 Å². The maximum atomic E-state index is 11.0. The monoisotopic (exact) mass is 239 g/mol. The number of carbonyl (C=O) groups is 1. The summed E-state index contributed by atoms with van der Waals surface area (Å²) >= 11 is 5.83. The number of aromatic nitrogens is 1. The molecule has 0 aliphatic carbocycles. The van der Waals surface area contributed by atoms with Crippen molar-refractivity contribution >= 4 is 23.3 Å². The number of hydrogen-bond acceptors (Lipinski definition) is 3. The van der Waals surface area contributed by atoms with Crippen LogP contribution in [0.3, 0.4) is 0 Å². The Morgan fingerprint density at radius 3 is 2.69 bits per heavy atom. The van der Waals surface area contributed by atoms with Gasteiger partial charge in [0.1, 0.15) is 11.0 Å². The highest BCUT2D eigenvalue weighted by Gasteiger charge is 2.23. The fraction of sp³-hybridized carbons (Fsp3) is 0.455. The van der Waals surface area contributed by atoms with E-state index in [4.69, 9.17) is 17.3 Å². The zero-order chi connectivity index (χ0) is 11.5. The second-order valence-corrected chi connectivity index (χ2v) is 4.37. The van der Waals surface area contributed by atoms with Crippen molar-refractivity contribution in [2.24, 2.45) is 11.7 Å². The maximum Gasteiger partial charge on any atom is 0.220 e. The molecule has 86 valence electrons. The summed E-state index contributed by atoms with van der Waals surface area (Å²) in [6.07, 6.45) is 1.59. The van der Waals surface area contributed by atoms with Gasteiger partial charge in [0.2, 0.25) is 5.91 Å². The molecule has 1 aromatic heterocycles. The quantitative estimate of drug-likeness (QED) is 0.795. The molecule has 4 nitrogen and oxygen atoms in total. The minimum atomic E-state index is -0.196. The van der Waals surface area contributed by atoms with E-state index in [9.17, 15) is 4.79 Å². The molecule has 0 aromatic carbocycles. The van der Waals surface area contributed by atoms with Crippen molar-refractivity contribution in [2.45, 2.75) is 12.8 Å². The van der Waals surface area contributed by atoms with E-state index >= 15 is 0 Å². The summed E-state index contributed by atoms with van der Waals surface area (Å²) in [6, 6.07) is 5.56. The van der Waals surface area contributed by atoms with E-state index in [1.807, 2.05) is 12.1 Å². The summed E-state index contributed by atoms with van der Waals surface area (Å²) in [4.78, 5) is 17.4. The SMILES string of the molecule is NC(=O)C1CCN(c2cccc(Cl)n2)CC1. The molecule has 1 aliphatic heterocycles. The Morgan fingerprint density at radius 1 is 1.44 bits per heavy atom. The third-order valence-electron chi connectivity index (χ3n) is 2.92. The first-order chi connectivity index (χ1) is 7.66. The Balaban J connectivity index is 2.01. The van der Waals surface area contributed by atoms with Crippen LogP contribution in [0.2, 0.25) is 5.15 Å². The van der Waals surface area contributed by atoms with E-state index in [0.29, 0.717) is 5.15 Å². The van der Waals surface area contributed by atoms with Crippen molar-refractivity contribution in [3.8, 4) is 0 Å². The van der Waals surface area contributed by atoms with Gasteiger partial charge in [-0.1, -0.05) is 17.7 Å². The molecule has 5 heteroatoms. The number of carbonyl (C=O) groups excluding carboxylic acids is 1. The molecule has 1 amide bonds. The first-order valence-electron chi connectivity index (χ1n) is 5.33. The molecule has 0 bridgehead atoms. The van der Waals surface area contributed by atoms with Gasteiger partial charge in [-0.05, 0) is 25.0 Å². The smallest absolute Gasteiger partial charge is 0.220 e. The Kier molecular flexibility index (Phi) is 3.29. The molecule has 0 atom stereocenters. The van der Waals surface area contributed by atoms with Crippen LogP contribution in [0.1, 0.15) is 12.8 Å². The van der Waals surface area contributed by atoms with Crippen LogP contribution in [0, 0.1) is 5.92 Å². The van der Waals surface area contributed by atoms with Crippen LogP contribution in [0.5, 0.6) is 0 Å². The lowest BCUT2D eigenvalue weighted by atomic mass is 9.96. The fourth-order valence-electron chi connectivity index (χ4n) is 1.97. The highest BCUT2D eigenvalue weighted by molar-refractivity contribution is 6.29. The van der Waals surface area contributed by atoms with E-state index in [-0.39, 0.29) is 11.8 Å². The third-order valence-corrected chi connectivity index (χ3v) is 3.13. The third kappa shape index (κ3) is 2.44. The molecule has 1 fully saturated rings. The van der Waals surface area contributed by atoms with Gasteiger partial charge in [0, 0.05) is 19.0 Å². The predicted octanol–water partition coefficient (Wildman–Crippen LogP) is 1.44. The standard InChI is InChI=1S/C11H14ClN3O/c12-9-2-1-3-10(14-9)15-6-4-8(5-7-15)11(13)16/h1-3,8H,4-7H2,(H2,13,16). The lowest BCUT2D eigenvalue weighted by Crippen LogP contribution is -2.38. The van der Waals surface area contributed by atoms with Crippen molar-refractivity contribution in [1.82, 2.24) is 4.98 Å². The van der Waals surface area contributed by atoms with Gasteiger partial charge in [-0.25, -0.2) is 4.98 Å². The Hall–Kier alpha value is -1.29. The Morgan fingerprint density at radius 2 is 2.12 bits per heavy atom. The molecule has 2 rings (SSSR count). The zero-order valence-electron chi connectivity index (χ0n) is 8.90. The molecule has 0 saturated carbocycles. The first-order valence-corrected chi connectivity index (χ1v) is 5.71. The number of anilines is 1. The van der Waals surface area contributed by atoms with Crippen molar-refractivity contribution in [1.29, 1.82) is 0 Å². The summed E-state index contributed by atoms with van der Waals surface area (Å²) in [7, 11) is 0. The van der Waals surface area contributed by atoms with E-state index in [2.05, 4.69) is 9.88 Å². The summed E-state index contributed by atoms with van der Waals surface area (Å²) in [5.74, 6) is 0.685. The lowest BCUT2D eigenvalue weighted by molar-refractivity contribution is -0.122. The number of nitrogens with zero attached hydrogens (tertiary/aromatic N) is 2. The van der Waals surface area contributed by atoms with E-state index in [1.54, 1.807) is 6.07 Å². The average molecular weight is 240 g/mol. The summed E-state index contributed by atoms with van der Waals surface area (Å²) < 4.78 is 0. The van der Waals surface area contributed by atoms with E-state index in [0.717, 1.165) is 31.7 Å². The van der Waals surface area contributed by atoms with Crippen molar-refractivity contribution in [3.05, 3.63) is 23.4 Å². The number of halogens is 1. The molecule has 1 saturated heterocycles. The van der Waals surface area contributed by atoms with Crippen molar-refractivity contribution in [3.63, 3.8) is 0 Å². The molecule has 0 radical (unpaired) electrons. The lowest BCUT2D eigenvalue weighted by Gasteiger charge is -2.31. The normalized spacial score (nSPS) is 17.4. The summed E-state index contributed by atoms with van der Waals surface area (Å²) in [6.45, 7) is 1.61. The van der Waals surface area contributed by atoms with Gasteiger partial charge in [0.25, 0.3) is 0 Å². The van der Waals surface area contributed by atoms with Crippen molar-refractivity contribution in [2.75, 3.05) is 18.0 Å². The van der Waals surface area contributed by atoms with Crippen LogP contribution >= 0.6 is 11.6 Å². The summed E-state index contributed by atoms with van der Waals surface area (Å²) in [5, 5.41) is 0.495. The minimum Gasteiger partial charge on any atom is -0.369 e. The number of hydrogen-bond donors (Lipinski definition) is 1. The minimum absolute atomic E-state index is 0.00966. The highest BCUT2D eigenvalue weighted by Crippen LogP contribution is 2.22. The van der Waals surface area contributed by atoms with Crippen LogP contribution in [0.25, 0.3) is 0 Å². The number of nitrogens with two attached hydrogens (primary N) is 1. The van der Waals surface area contributed by atoms with Gasteiger partial charge >= 0.3 is 0 Å². The summed E-state index contributed by atoms with van der Waals surface area (Å²) in [5.41, 5.74) is 5.28. The predicted molar refractivity (Wildman–Crippen MR) is 63.4 cm³/mol. The molecule has 0 spiro atoms. The molecular formula is C11H14ClN3O. The second-order valence-electron chi connectivity index (χ2n) is 3.98. The van der Waals surface area contributed by atoms with Gasteiger partial charge in [0.15, 0.2) is 0 Å². The van der Waals surface area contributed by atoms with Gasteiger partial charge in [-0.3, -0.25) is 4.79 Å². The van der Waals surface area contributed by atoms with Crippen LogP contribution in [0.4, 0.5) is 5.82 Å². The number of pyridine rings is 1. The van der Waals surface area contributed by atoms with Crippen LogP contribution in [-0.4, -0.2) is 24.0 Å². The highest BCUT2D eigenvalue weighted by atomic mass is 35.5. The van der Waals surface area contributed by atoms with Gasteiger partial charge < -0.3 is 10.6 Å². The average Bonchev–Trinajstić information content (AvgIpc) is 2.29. The largest absolute Gasteiger partial charge is 0.369 e.